The van der Waals surface area contributed by atoms with Crippen LogP contribution in [0, 0.1) is 0 Å². The number of rotatable bonds is 3. The topological polar surface area (TPSA) is 45.4 Å². The number of nitrogen functional groups attached to an aromatic ring is 1. The average molecular weight is 234 g/mol. The van der Waals surface area contributed by atoms with Gasteiger partial charge in [-0.1, -0.05) is 6.07 Å². The van der Waals surface area contributed by atoms with E-state index in [0.717, 1.165) is 38.3 Å². The van der Waals surface area contributed by atoms with Crippen LogP contribution in [-0.2, 0) is 6.54 Å². The van der Waals surface area contributed by atoms with Gasteiger partial charge in [0.25, 0.3) is 0 Å². The normalized spacial score (nSPS) is 18.8. The highest BCUT2D eigenvalue weighted by atomic mass is 15.3. The van der Waals surface area contributed by atoms with Gasteiger partial charge >= 0.3 is 0 Å². The second-order valence-corrected chi connectivity index (χ2v) is 4.95. The Morgan fingerprint density at radius 1 is 1.29 bits per heavy atom. The molecule has 0 unspecified atom stereocenters. The maximum atomic E-state index is 5.87. The summed E-state index contributed by atoms with van der Waals surface area (Å²) in [5.74, 6) is 0.666. The highest BCUT2D eigenvalue weighted by Gasteiger charge is 2.19. The molecule has 0 spiro atoms. The molecule has 0 aliphatic carbocycles. The Bertz CT molecular complexity index is 356. The molecule has 2 N–H and O–H groups in total. The lowest BCUT2D eigenvalue weighted by molar-refractivity contribution is 0.104. The number of nitrogens with two attached hydrogens (primary N) is 1. The van der Waals surface area contributed by atoms with Gasteiger partial charge in [-0.2, -0.15) is 0 Å². The third-order valence-corrected chi connectivity index (χ3v) is 3.46. The Kier molecular flexibility index (Phi) is 3.97. The first-order chi connectivity index (χ1) is 8.16. The zero-order valence-corrected chi connectivity index (χ0v) is 10.8. The summed E-state index contributed by atoms with van der Waals surface area (Å²) in [6, 6.07) is 4.67. The van der Waals surface area contributed by atoms with Crippen LogP contribution in [0.25, 0.3) is 0 Å². The van der Waals surface area contributed by atoms with Crippen molar-refractivity contribution in [1.82, 2.24) is 14.8 Å². The van der Waals surface area contributed by atoms with Gasteiger partial charge in [-0.05, 0) is 19.9 Å². The molecule has 2 rings (SSSR count). The zero-order chi connectivity index (χ0) is 12.3. The van der Waals surface area contributed by atoms with Crippen molar-refractivity contribution >= 4 is 5.82 Å². The van der Waals surface area contributed by atoms with E-state index in [-0.39, 0.29) is 0 Å². The van der Waals surface area contributed by atoms with E-state index in [1.807, 2.05) is 6.07 Å². The van der Waals surface area contributed by atoms with Gasteiger partial charge in [0, 0.05) is 50.5 Å². The van der Waals surface area contributed by atoms with Crippen LogP contribution < -0.4 is 5.73 Å². The molecule has 0 aromatic carbocycles. The summed E-state index contributed by atoms with van der Waals surface area (Å²) in [6.45, 7) is 9.98. The van der Waals surface area contributed by atoms with Gasteiger partial charge in [0.1, 0.15) is 5.82 Å². The predicted molar refractivity (Wildman–Crippen MR) is 70.6 cm³/mol. The van der Waals surface area contributed by atoms with Crippen LogP contribution >= 0.6 is 0 Å². The maximum Gasteiger partial charge on any atom is 0.127 e. The predicted octanol–water partition coefficient (Wildman–Crippen LogP) is 1.19. The molecular formula is C13H22N4. The molecule has 2 heterocycles. The van der Waals surface area contributed by atoms with Crippen molar-refractivity contribution in [3.63, 3.8) is 0 Å². The third-order valence-electron chi connectivity index (χ3n) is 3.46. The monoisotopic (exact) mass is 234 g/mol. The number of nitrogens with zero attached hydrogens (tertiary/aromatic N) is 3. The Balaban J connectivity index is 1.88. The molecule has 4 heteroatoms. The fourth-order valence-electron chi connectivity index (χ4n) is 2.26. The van der Waals surface area contributed by atoms with E-state index in [2.05, 4.69) is 34.7 Å². The van der Waals surface area contributed by atoms with Crippen molar-refractivity contribution in [2.45, 2.75) is 26.4 Å². The first-order valence-electron chi connectivity index (χ1n) is 6.32. The van der Waals surface area contributed by atoms with Crippen LogP contribution in [0.3, 0.4) is 0 Å². The Morgan fingerprint density at radius 2 is 2.00 bits per heavy atom. The van der Waals surface area contributed by atoms with Gasteiger partial charge in [-0.3, -0.25) is 9.80 Å². The van der Waals surface area contributed by atoms with Gasteiger partial charge in [-0.25, -0.2) is 4.98 Å². The van der Waals surface area contributed by atoms with E-state index in [0.29, 0.717) is 11.9 Å². The van der Waals surface area contributed by atoms with Crippen molar-refractivity contribution in [3.05, 3.63) is 23.9 Å². The van der Waals surface area contributed by atoms with E-state index in [1.165, 1.54) is 0 Å². The first-order valence-corrected chi connectivity index (χ1v) is 6.32. The highest BCUT2D eigenvalue weighted by Crippen LogP contribution is 2.13. The van der Waals surface area contributed by atoms with E-state index in [1.54, 1.807) is 6.20 Å². The molecule has 1 aromatic rings. The summed E-state index contributed by atoms with van der Waals surface area (Å²) in [4.78, 5) is 9.10. The Morgan fingerprint density at radius 3 is 2.59 bits per heavy atom. The van der Waals surface area contributed by atoms with Gasteiger partial charge in [-0.15, -0.1) is 0 Å². The molecule has 0 saturated carbocycles. The third kappa shape index (κ3) is 3.17. The number of hydrogen-bond acceptors (Lipinski definition) is 4. The van der Waals surface area contributed by atoms with Crippen molar-refractivity contribution in [2.24, 2.45) is 0 Å². The van der Waals surface area contributed by atoms with Crippen LogP contribution in [0.4, 0.5) is 5.82 Å². The summed E-state index contributed by atoms with van der Waals surface area (Å²) >= 11 is 0. The minimum absolute atomic E-state index is 0.653. The molecule has 0 bridgehead atoms. The van der Waals surface area contributed by atoms with Gasteiger partial charge < -0.3 is 5.73 Å². The van der Waals surface area contributed by atoms with Crippen molar-refractivity contribution in [3.8, 4) is 0 Å². The molecule has 1 aromatic heterocycles. The molecule has 1 fully saturated rings. The van der Waals surface area contributed by atoms with E-state index >= 15 is 0 Å². The fraction of sp³-hybridized carbons (Fsp3) is 0.615. The Hall–Kier alpha value is -1.13. The lowest BCUT2D eigenvalue weighted by Crippen LogP contribution is -2.48. The van der Waals surface area contributed by atoms with Gasteiger partial charge in [0.15, 0.2) is 0 Å². The number of pyridine rings is 1. The fourth-order valence-corrected chi connectivity index (χ4v) is 2.26. The number of aromatic nitrogens is 1. The van der Waals surface area contributed by atoms with Crippen LogP contribution in [-0.4, -0.2) is 47.0 Å². The second kappa shape index (κ2) is 5.47. The quantitative estimate of drug-likeness (QED) is 0.853. The molecule has 17 heavy (non-hydrogen) atoms. The molecule has 4 nitrogen and oxygen atoms in total. The number of hydrogen-bond donors (Lipinski definition) is 1. The van der Waals surface area contributed by atoms with Crippen molar-refractivity contribution in [2.75, 3.05) is 31.9 Å². The molecule has 0 atom stereocenters. The minimum atomic E-state index is 0.653. The molecule has 1 saturated heterocycles. The van der Waals surface area contributed by atoms with Crippen LogP contribution in [0.15, 0.2) is 18.3 Å². The molecule has 0 radical (unpaired) electrons. The number of anilines is 1. The highest BCUT2D eigenvalue weighted by molar-refractivity contribution is 5.38. The Labute approximate surface area is 103 Å². The summed E-state index contributed by atoms with van der Waals surface area (Å²) in [6.07, 6.45) is 1.75. The minimum Gasteiger partial charge on any atom is -0.383 e. The van der Waals surface area contributed by atoms with Gasteiger partial charge in [0.2, 0.25) is 0 Å². The number of piperazine rings is 1. The standard InChI is InChI=1S/C13H22N4/c1-11(2)17-8-6-16(7-9-17)10-12-4-3-5-15-13(12)14/h3-5,11H,6-10H2,1-2H3,(H2,14,15). The molecule has 0 amide bonds. The SMILES string of the molecule is CC(C)N1CCN(Cc2cccnc2N)CC1. The van der Waals surface area contributed by atoms with Crippen molar-refractivity contribution in [1.29, 1.82) is 0 Å². The summed E-state index contributed by atoms with van der Waals surface area (Å²) in [5.41, 5.74) is 7.01. The summed E-state index contributed by atoms with van der Waals surface area (Å²) in [5, 5.41) is 0. The summed E-state index contributed by atoms with van der Waals surface area (Å²) in [7, 11) is 0. The second-order valence-electron chi connectivity index (χ2n) is 4.95. The van der Waals surface area contributed by atoms with E-state index in [9.17, 15) is 0 Å². The van der Waals surface area contributed by atoms with E-state index < -0.39 is 0 Å². The van der Waals surface area contributed by atoms with Crippen molar-refractivity contribution < 1.29 is 0 Å². The smallest absolute Gasteiger partial charge is 0.127 e. The molecule has 1 aliphatic rings. The van der Waals surface area contributed by atoms with E-state index in [4.69, 9.17) is 5.73 Å². The van der Waals surface area contributed by atoms with Crippen LogP contribution in [0.5, 0.6) is 0 Å². The lowest BCUT2D eigenvalue weighted by atomic mass is 10.2. The lowest BCUT2D eigenvalue weighted by Gasteiger charge is -2.37. The molecule has 1 aliphatic heterocycles. The van der Waals surface area contributed by atoms with Crippen LogP contribution in [0.2, 0.25) is 0 Å². The van der Waals surface area contributed by atoms with Crippen LogP contribution in [0.1, 0.15) is 19.4 Å². The molecule has 94 valence electrons. The first kappa shape index (κ1) is 12.3. The van der Waals surface area contributed by atoms with Gasteiger partial charge in [0.05, 0.1) is 0 Å². The summed E-state index contributed by atoms with van der Waals surface area (Å²) < 4.78 is 0. The maximum absolute atomic E-state index is 5.87. The average Bonchev–Trinajstić information content (AvgIpc) is 2.33. The molecular weight excluding hydrogens is 212 g/mol. The largest absolute Gasteiger partial charge is 0.383 e. The zero-order valence-electron chi connectivity index (χ0n) is 10.8.